The Bertz CT molecular complexity index is 300. The standard InChI is InChI=1S/C11H24N2O3S/c1-2-3-8-13(9-10-14)17(15,16)11-4-6-12-7-5-11/h11-12,14H,2-10H2,1H3. The van der Waals surface area contributed by atoms with Crippen molar-refractivity contribution in [1.82, 2.24) is 9.62 Å². The molecule has 0 aromatic rings. The fourth-order valence-electron chi connectivity index (χ4n) is 2.12. The molecular weight excluding hydrogens is 240 g/mol. The third-order valence-corrected chi connectivity index (χ3v) is 5.58. The molecule has 2 N–H and O–H groups in total. The highest BCUT2D eigenvalue weighted by atomic mass is 32.2. The molecule has 0 radical (unpaired) electrons. The molecule has 0 saturated carbocycles. The van der Waals surface area contributed by atoms with Gasteiger partial charge < -0.3 is 10.4 Å². The predicted molar refractivity (Wildman–Crippen MR) is 68.4 cm³/mol. The van der Waals surface area contributed by atoms with Crippen molar-refractivity contribution in [1.29, 1.82) is 0 Å². The van der Waals surface area contributed by atoms with Gasteiger partial charge in [0.15, 0.2) is 0 Å². The summed E-state index contributed by atoms with van der Waals surface area (Å²) in [5.74, 6) is 0. The van der Waals surface area contributed by atoms with Gasteiger partial charge in [-0.15, -0.1) is 0 Å². The van der Waals surface area contributed by atoms with Gasteiger partial charge in [0, 0.05) is 13.1 Å². The maximum absolute atomic E-state index is 12.4. The lowest BCUT2D eigenvalue weighted by molar-refractivity contribution is 0.250. The first-order valence-electron chi connectivity index (χ1n) is 6.43. The molecule has 1 saturated heterocycles. The highest BCUT2D eigenvalue weighted by Crippen LogP contribution is 2.18. The summed E-state index contributed by atoms with van der Waals surface area (Å²) in [6.07, 6.45) is 3.17. The molecule has 17 heavy (non-hydrogen) atoms. The monoisotopic (exact) mass is 264 g/mol. The van der Waals surface area contributed by atoms with Crippen molar-refractivity contribution < 1.29 is 13.5 Å². The van der Waals surface area contributed by atoms with Crippen LogP contribution in [-0.2, 0) is 10.0 Å². The molecule has 1 fully saturated rings. The van der Waals surface area contributed by atoms with Crippen LogP contribution in [-0.4, -0.2) is 55.9 Å². The van der Waals surface area contributed by atoms with Crippen molar-refractivity contribution in [3.63, 3.8) is 0 Å². The van der Waals surface area contributed by atoms with E-state index in [2.05, 4.69) is 5.32 Å². The Morgan fingerprint density at radius 1 is 1.29 bits per heavy atom. The second-order valence-electron chi connectivity index (χ2n) is 4.47. The third kappa shape index (κ3) is 4.21. The van der Waals surface area contributed by atoms with E-state index >= 15 is 0 Å². The summed E-state index contributed by atoms with van der Waals surface area (Å²) in [7, 11) is -3.23. The normalized spacial score (nSPS) is 18.8. The number of hydrogen-bond donors (Lipinski definition) is 2. The molecule has 0 amide bonds. The Labute approximate surface area is 104 Å². The number of nitrogens with one attached hydrogen (secondary N) is 1. The number of sulfonamides is 1. The van der Waals surface area contributed by atoms with Gasteiger partial charge in [0.05, 0.1) is 11.9 Å². The molecule has 1 heterocycles. The Balaban J connectivity index is 2.67. The Morgan fingerprint density at radius 2 is 1.94 bits per heavy atom. The molecule has 5 nitrogen and oxygen atoms in total. The summed E-state index contributed by atoms with van der Waals surface area (Å²) in [6.45, 7) is 4.23. The predicted octanol–water partition coefficient (Wildman–Crippen LogP) is 0.163. The van der Waals surface area contributed by atoms with Crippen molar-refractivity contribution in [2.24, 2.45) is 0 Å². The maximum Gasteiger partial charge on any atom is 0.217 e. The van der Waals surface area contributed by atoms with Crippen molar-refractivity contribution >= 4 is 10.0 Å². The fraction of sp³-hybridized carbons (Fsp3) is 1.00. The highest BCUT2D eigenvalue weighted by molar-refractivity contribution is 7.89. The van der Waals surface area contributed by atoms with E-state index in [9.17, 15) is 8.42 Å². The number of aliphatic hydroxyl groups is 1. The molecule has 1 aliphatic rings. The summed E-state index contributed by atoms with van der Waals surface area (Å²) >= 11 is 0. The third-order valence-electron chi connectivity index (χ3n) is 3.18. The summed E-state index contributed by atoms with van der Waals surface area (Å²) < 4.78 is 26.2. The van der Waals surface area contributed by atoms with E-state index in [0.29, 0.717) is 19.4 Å². The van der Waals surface area contributed by atoms with Crippen molar-refractivity contribution in [3.05, 3.63) is 0 Å². The van der Waals surface area contributed by atoms with Gasteiger partial charge >= 0.3 is 0 Å². The topological polar surface area (TPSA) is 69.6 Å². The summed E-state index contributed by atoms with van der Waals surface area (Å²) in [6, 6.07) is 0. The van der Waals surface area contributed by atoms with Crippen LogP contribution in [0.1, 0.15) is 32.6 Å². The zero-order valence-electron chi connectivity index (χ0n) is 10.6. The zero-order chi connectivity index (χ0) is 12.7. The van der Waals surface area contributed by atoms with Gasteiger partial charge in [-0.2, -0.15) is 4.31 Å². The molecule has 1 rings (SSSR count). The van der Waals surface area contributed by atoms with Crippen LogP contribution in [0.4, 0.5) is 0 Å². The lowest BCUT2D eigenvalue weighted by Crippen LogP contribution is -2.45. The Kier molecular flexibility index (Phi) is 6.40. The average molecular weight is 264 g/mol. The molecule has 0 atom stereocenters. The summed E-state index contributed by atoms with van der Waals surface area (Å²) in [5, 5.41) is 11.9. The molecule has 0 aromatic carbocycles. The molecule has 0 bridgehead atoms. The molecule has 102 valence electrons. The fourth-order valence-corrected chi connectivity index (χ4v) is 4.09. The number of rotatable bonds is 7. The molecule has 0 unspecified atom stereocenters. The van der Waals surface area contributed by atoms with E-state index in [1.165, 1.54) is 4.31 Å². The first-order valence-corrected chi connectivity index (χ1v) is 7.93. The van der Waals surface area contributed by atoms with Gasteiger partial charge in [0.1, 0.15) is 0 Å². The molecule has 0 aromatic heterocycles. The van der Waals surface area contributed by atoms with Crippen LogP contribution in [0.5, 0.6) is 0 Å². The van der Waals surface area contributed by atoms with E-state index in [1.807, 2.05) is 6.92 Å². The molecule has 6 heteroatoms. The van der Waals surface area contributed by atoms with Crippen LogP contribution in [0.25, 0.3) is 0 Å². The minimum Gasteiger partial charge on any atom is -0.395 e. The van der Waals surface area contributed by atoms with Crippen LogP contribution < -0.4 is 5.32 Å². The first-order chi connectivity index (χ1) is 8.12. The second-order valence-corrected chi connectivity index (χ2v) is 6.68. The number of piperidine rings is 1. The Morgan fingerprint density at radius 3 is 2.47 bits per heavy atom. The quantitative estimate of drug-likeness (QED) is 0.687. The van der Waals surface area contributed by atoms with E-state index in [4.69, 9.17) is 5.11 Å². The summed E-state index contributed by atoms with van der Waals surface area (Å²) in [5.41, 5.74) is 0. The lowest BCUT2D eigenvalue weighted by Gasteiger charge is -2.29. The average Bonchev–Trinajstić information content (AvgIpc) is 2.35. The van der Waals surface area contributed by atoms with E-state index in [1.54, 1.807) is 0 Å². The molecular formula is C11H24N2O3S. The first kappa shape index (κ1) is 14.9. The molecule has 0 aliphatic carbocycles. The van der Waals surface area contributed by atoms with Crippen LogP contribution >= 0.6 is 0 Å². The van der Waals surface area contributed by atoms with Crippen molar-refractivity contribution in [2.45, 2.75) is 37.9 Å². The van der Waals surface area contributed by atoms with Crippen LogP contribution in [0.15, 0.2) is 0 Å². The van der Waals surface area contributed by atoms with Gasteiger partial charge in [0.25, 0.3) is 0 Å². The highest BCUT2D eigenvalue weighted by Gasteiger charge is 2.32. The second kappa shape index (κ2) is 7.31. The van der Waals surface area contributed by atoms with Gasteiger partial charge in [-0.3, -0.25) is 0 Å². The SMILES string of the molecule is CCCCN(CCO)S(=O)(=O)C1CCNCC1. The molecule has 0 spiro atoms. The van der Waals surface area contributed by atoms with E-state index in [-0.39, 0.29) is 18.4 Å². The maximum atomic E-state index is 12.4. The number of hydrogen-bond acceptors (Lipinski definition) is 4. The Hall–Kier alpha value is -0.170. The lowest BCUT2D eigenvalue weighted by atomic mass is 10.2. The number of unbranched alkanes of at least 4 members (excludes halogenated alkanes) is 1. The number of nitrogens with zero attached hydrogens (tertiary/aromatic N) is 1. The minimum absolute atomic E-state index is 0.103. The van der Waals surface area contributed by atoms with Crippen LogP contribution in [0.3, 0.4) is 0 Å². The smallest absolute Gasteiger partial charge is 0.217 e. The van der Waals surface area contributed by atoms with Gasteiger partial charge in [-0.1, -0.05) is 13.3 Å². The minimum atomic E-state index is -3.23. The van der Waals surface area contributed by atoms with Gasteiger partial charge in [0.2, 0.25) is 10.0 Å². The zero-order valence-corrected chi connectivity index (χ0v) is 11.4. The van der Waals surface area contributed by atoms with Crippen molar-refractivity contribution in [3.8, 4) is 0 Å². The van der Waals surface area contributed by atoms with Crippen molar-refractivity contribution in [2.75, 3.05) is 32.8 Å². The van der Waals surface area contributed by atoms with E-state index in [0.717, 1.165) is 25.9 Å². The van der Waals surface area contributed by atoms with Crippen LogP contribution in [0, 0.1) is 0 Å². The van der Waals surface area contributed by atoms with Gasteiger partial charge in [-0.05, 0) is 32.4 Å². The van der Waals surface area contributed by atoms with Gasteiger partial charge in [-0.25, -0.2) is 8.42 Å². The largest absolute Gasteiger partial charge is 0.395 e. The van der Waals surface area contributed by atoms with E-state index < -0.39 is 10.0 Å². The molecule has 1 aliphatic heterocycles. The summed E-state index contributed by atoms with van der Waals surface area (Å²) in [4.78, 5) is 0. The number of aliphatic hydroxyl groups excluding tert-OH is 1. The van der Waals surface area contributed by atoms with Crippen LogP contribution in [0.2, 0.25) is 0 Å².